The third-order valence-electron chi connectivity index (χ3n) is 6.80. The van der Waals surface area contributed by atoms with Crippen molar-refractivity contribution in [3.8, 4) is 11.1 Å². The van der Waals surface area contributed by atoms with Crippen LogP contribution in [0.4, 0.5) is 11.4 Å². The predicted octanol–water partition coefficient (Wildman–Crippen LogP) is 4.45. The molecule has 3 heterocycles. The number of benzene rings is 3. The Morgan fingerprint density at radius 1 is 1.11 bits per heavy atom. The van der Waals surface area contributed by atoms with Gasteiger partial charge in [-0.1, -0.05) is 36.4 Å². The van der Waals surface area contributed by atoms with E-state index in [2.05, 4.69) is 15.0 Å². The van der Waals surface area contributed by atoms with Crippen LogP contribution in [0, 0.1) is 6.92 Å². The highest BCUT2D eigenvalue weighted by Crippen LogP contribution is 2.41. The largest absolute Gasteiger partial charge is 0.390 e. The van der Waals surface area contributed by atoms with Crippen LogP contribution < -0.4 is 10.6 Å². The van der Waals surface area contributed by atoms with Crippen molar-refractivity contribution < 1.29 is 15.0 Å². The fourth-order valence-corrected chi connectivity index (χ4v) is 5.02. The SMILES string of the molecule is Cc1c(-c2ccc(C(N)=O)c3[nH]c4cnc(CO)cc4c23)cccc1N1C=Nc2ccccc2C1O. The number of nitrogens with two attached hydrogens (primary N) is 1. The minimum absolute atomic E-state index is 0.199. The lowest BCUT2D eigenvalue weighted by molar-refractivity contribution is 0.100. The molecule has 1 aliphatic rings. The second-order valence-electron chi connectivity index (χ2n) is 8.81. The molecule has 0 aliphatic carbocycles. The van der Waals surface area contributed by atoms with E-state index in [9.17, 15) is 15.0 Å². The van der Waals surface area contributed by atoms with Gasteiger partial charge >= 0.3 is 0 Å². The number of nitrogens with zero attached hydrogens (tertiary/aromatic N) is 3. The first-order valence-electron chi connectivity index (χ1n) is 11.5. The van der Waals surface area contributed by atoms with Gasteiger partial charge in [-0.05, 0) is 47.9 Å². The molecule has 178 valence electrons. The average molecular weight is 478 g/mol. The van der Waals surface area contributed by atoms with Gasteiger partial charge in [-0.15, -0.1) is 0 Å². The van der Waals surface area contributed by atoms with Crippen molar-refractivity contribution in [2.75, 3.05) is 4.90 Å². The number of para-hydroxylation sites is 1. The Morgan fingerprint density at radius 2 is 1.94 bits per heavy atom. The number of aliphatic imine (C=N–C) groups is 1. The lowest BCUT2D eigenvalue weighted by Crippen LogP contribution is -2.30. The molecule has 0 saturated heterocycles. The van der Waals surface area contributed by atoms with Crippen LogP contribution in [0.5, 0.6) is 0 Å². The molecule has 1 amide bonds. The van der Waals surface area contributed by atoms with Gasteiger partial charge in [-0.25, -0.2) is 4.99 Å². The quantitative estimate of drug-likeness (QED) is 0.304. The fourth-order valence-electron chi connectivity index (χ4n) is 5.02. The summed E-state index contributed by atoms with van der Waals surface area (Å²) in [4.78, 5) is 26.1. The fraction of sp³-hybridized carbons (Fsp3) is 0.107. The number of pyridine rings is 1. The van der Waals surface area contributed by atoms with Crippen LogP contribution in [0.25, 0.3) is 32.9 Å². The number of rotatable bonds is 4. The molecule has 6 rings (SSSR count). The summed E-state index contributed by atoms with van der Waals surface area (Å²) in [6.07, 6.45) is 2.42. The number of amides is 1. The Hall–Kier alpha value is -4.53. The highest BCUT2D eigenvalue weighted by atomic mass is 16.3. The van der Waals surface area contributed by atoms with E-state index in [1.807, 2.05) is 61.5 Å². The second-order valence-corrected chi connectivity index (χ2v) is 8.81. The van der Waals surface area contributed by atoms with Crippen LogP contribution >= 0.6 is 0 Å². The van der Waals surface area contributed by atoms with Crippen LogP contribution in [0.3, 0.4) is 0 Å². The zero-order valence-electron chi connectivity index (χ0n) is 19.4. The minimum Gasteiger partial charge on any atom is -0.390 e. The lowest BCUT2D eigenvalue weighted by atomic mass is 9.93. The standard InChI is InChI=1S/C28H23N5O3/c1-15-17(6-4-8-24(15)33-14-31-22-7-3-2-5-19(22)28(33)36)18-9-10-20(27(29)35)26-25(18)21-11-16(13-34)30-12-23(21)32-26/h2-12,14,28,32,34,36H,13H2,1H3,(H2,29,35). The number of hydrogen-bond acceptors (Lipinski definition) is 6. The number of anilines is 1. The van der Waals surface area contributed by atoms with Gasteiger partial charge in [-0.2, -0.15) is 0 Å². The average Bonchev–Trinajstić information content (AvgIpc) is 3.28. The van der Waals surface area contributed by atoms with Crippen LogP contribution in [-0.2, 0) is 6.61 Å². The smallest absolute Gasteiger partial charge is 0.250 e. The predicted molar refractivity (Wildman–Crippen MR) is 140 cm³/mol. The third-order valence-corrected chi connectivity index (χ3v) is 6.80. The maximum atomic E-state index is 12.2. The van der Waals surface area contributed by atoms with Gasteiger partial charge in [-0.3, -0.25) is 9.78 Å². The zero-order valence-corrected chi connectivity index (χ0v) is 19.4. The number of carbonyl (C=O) groups excluding carboxylic acids is 1. The Labute approximate surface area is 206 Å². The minimum atomic E-state index is -0.879. The summed E-state index contributed by atoms with van der Waals surface area (Å²) >= 11 is 0. The van der Waals surface area contributed by atoms with Gasteiger partial charge in [0.15, 0.2) is 6.23 Å². The van der Waals surface area contributed by atoms with Gasteiger partial charge in [0, 0.05) is 22.0 Å². The number of fused-ring (bicyclic) bond motifs is 4. The molecule has 0 radical (unpaired) electrons. The zero-order chi connectivity index (χ0) is 25.0. The Balaban J connectivity index is 1.58. The van der Waals surface area contributed by atoms with E-state index in [1.165, 1.54) is 0 Å². The van der Waals surface area contributed by atoms with E-state index in [1.54, 1.807) is 23.5 Å². The molecule has 36 heavy (non-hydrogen) atoms. The first-order chi connectivity index (χ1) is 17.5. The van der Waals surface area contributed by atoms with Crippen LogP contribution in [0.15, 0.2) is 71.9 Å². The van der Waals surface area contributed by atoms with Gasteiger partial charge < -0.3 is 25.8 Å². The topological polar surface area (TPSA) is 128 Å². The van der Waals surface area contributed by atoms with Crippen molar-refractivity contribution in [2.24, 2.45) is 10.7 Å². The number of aliphatic hydroxyl groups excluding tert-OH is 2. The molecule has 5 aromatic rings. The summed E-state index contributed by atoms with van der Waals surface area (Å²) in [5.74, 6) is -0.537. The summed E-state index contributed by atoms with van der Waals surface area (Å²) < 4.78 is 0. The summed E-state index contributed by atoms with van der Waals surface area (Å²) in [7, 11) is 0. The summed E-state index contributed by atoms with van der Waals surface area (Å²) in [5, 5.41) is 22.5. The van der Waals surface area contributed by atoms with E-state index in [0.717, 1.165) is 49.9 Å². The van der Waals surface area contributed by atoms with E-state index in [-0.39, 0.29) is 6.61 Å². The Kier molecular flexibility index (Phi) is 5.06. The molecule has 8 heteroatoms. The van der Waals surface area contributed by atoms with Crippen LogP contribution in [0.2, 0.25) is 0 Å². The maximum absolute atomic E-state index is 12.2. The van der Waals surface area contributed by atoms with Gasteiger partial charge in [0.2, 0.25) is 0 Å². The molecule has 3 aromatic carbocycles. The molecular formula is C28H23N5O3. The second kappa shape index (κ2) is 8.30. The molecular weight excluding hydrogens is 454 g/mol. The van der Waals surface area contributed by atoms with E-state index in [0.29, 0.717) is 16.8 Å². The van der Waals surface area contributed by atoms with Gasteiger partial charge in [0.25, 0.3) is 5.91 Å². The van der Waals surface area contributed by atoms with Crippen molar-refractivity contribution in [3.63, 3.8) is 0 Å². The summed E-state index contributed by atoms with van der Waals surface area (Å²) in [6.45, 7) is 1.80. The van der Waals surface area contributed by atoms with Crippen molar-refractivity contribution in [1.82, 2.24) is 9.97 Å². The number of aromatic amines is 1. The molecule has 5 N–H and O–H groups in total. The number of carbonyl (C=O) groups is 1. The molecule has 0 fully saturated rings. The first-order valence-corrected chi connectivity index (χ1v) is 11.5. The van der Waals surface area contributed by atoms with Crippen molar-refractivity contribution in [1.29, 1.82) is 0 Å². The van der Waals surface area contributed by atoms with Crippen molar-refractivity contribution in [2.45, 2.75) is 19.8 Å². The number of nitrogens with one attached hydrogen (secondary N) is 1. The highest BCUT2D eigenvalue weighted by Gasteiger charge is 2.26. The van der Waals surface area contributed by atoms with Crippen molar-refractivity contribution >= 4 is 45.4 Å². The normalized spacial score (nSPS) is 15.0. The van der Waals surface area contributed by atoms with Gasteiger partial charge in [0.05, 0.1) is 47.1 Å². The third kappa shape index (κ3) is 3.27. The number of primary amides is 1. The lowest BCUT2D eigenvalue weighted by Gasteiger charge is -2.31. The van der Waals surface area contributed by atoms with E-state index >= 15 is 0 Å². The van der Waals surface area contributed by atoms with E-state index < -0.39 is 12.1 Å². The number of H-pyrrole nitrogens is 1. The molecule has 0 saturated carbocycles. The summed E-state index contributed by atoms with van der Waals surface area (Å²) in [5.41, 5.74) is 13.0. The van der Waals surface area contributed by atoms with Crippen LogP contribution in [0.1, 0.15) is 33.4 Å². The van der Waals surface area contributed by atoms with Gasteiger partial charge in [0.1, 0.15) is 0 Å². The molecule has 0 spiro atoms. The molecule has 1 aliphatic heterocycles. The molecule has 0 bridgehead atoms. The first kappa shape index (κ1) is 22.0. The molecule has 1 atom stereocenters. The number of aliphatic hydroxyl groups is 2. The molecule has 2 aromatic heterocycles. The number of aromatic nitrogens is 2. The maximum Gasteiger partial charge on any atom is 0.250 e. The van der Waals surface area contributed by atoms with Crippen molar-refractivity contribution in [3.05, 3.63) is 89.2 Å². The monoisotopic (exact) mass is 477 g/mol. The Morgan fingerprint density at radius 3 is 2.75 bits per heavy atom. The highest BCUT2D eigenvalue weighted by molar-refractivity contribution is 6.20. The Bertz CT molecular complexity index is 1710. The summed E-state index contributed by atoms with van der Waals surface area (Å²) in [6, 6.07) is 18.8. The van der Waals surface area contributed by atoms with E-state index in [4.69, 9.17) is 5.73 Å². The van der Waals surface area contributed by atoms with Crippen LogP contribution in [-0.4, -0.2) is 32.4 Å². The number of hydrogen-bond donors (Lipinski definition) is 4. The molecule has 8 nitrogen and oxygen atoms in total. The molecule has 1 unspecified atom stereocenters.